The predicted molar refractivity (Wildman–Crippen MR) is 133 cm³/mol. The van der Waals surface area contributed by atoms with Crippen molar-refractivity contribution in [1.29, 1.82) is 0 Å². The summed E-state index contributed by atoms with van der Waals surface area (Å²) in [5, 5.41) is 2.97. The monoisotopic (exact) mass is 441 g/mol. The van der Waals surface area contributed by atoms with Crippen LogP contribution in [0.3, 0.4) is 0 Å². The average molecular weight is 442 g/mol. The molecule has 0 aliphatic carbocycles. The molecule has 1 amide bonds. The minimum atomic E-state index is -0.123. The van der Waals surface area contributed by atoms with E-state index in [1.807, 2.05) is 56.3 Å². The summed E-state index contributed by atoms with van der Waals surface area (Å²) in [5.41, 5.74) is 5.63. The van der Waals surface area contributed by atoms with Crippen LogP contribution >= 0.6 is 0 Å². The summed E-state index contributed by atoms with van der Waals surface area (Å²) in [6, 6.07) is 24.8. The maximum atomic E-state index is 12.3. The SMILES string of the molecule is Cc1ccc(C)c(OCC(=O)NCCc2nc3ccccc3n2CCCc2ccccc2)c1. The first kappa shape index (κ1) is 22.6. The molecular formula is C28H31N3O2. The summed E-state index contributed by atoms with van der Waals surface area (Å²) < 4.78 is 8.00. The van der Waals surface area contributed by atoms with Gasteiger partial charge in [-0.2, -0.15) is 0 Å². The number of carbonyl (C=O) groups excluding carboxylic acids is 1. The van der Waals surface area contributed by atoms with Crippen molar-refractivity contribution in [1.82, 2.24) is 14.9 Å². The first-order chi connectivity index (χ1) is 16.1. The van der Waals surface area contributed by atoms with Crippen molar-refractivity contribution < 1.29 is 9.53 Å². The Kier molecular flexibility index (Phi) is 7.40. The molecule has 4 aromatic rings. The Bertz CT molecular complexity index is 1210. The van der Waals surface area contributed by atoms with Crippen LogP contribution in [-0.2, 0) is 24.2 Å². The number of nitrogens with zero attached hydrogens (tertiary/aromatic N) is 2. The number of amides is 1. The van der Waals surface area contributed by atoms with Crippen molar-refractivity contribution in [3.63, 3.8) is 0 Å². The number of imidazole rings is 1. The number of ether oxygens (including phenoxy) is 1. The van der Waals surface area contributed by atoms with E-state index < -0.39 is 0 Å². The molecular weight excluding hydrogens is 410 g/mol. The molecule has 1 aromatic heterocycles. The van der Waals surface area contributed by atoms with Crippen molar-refractivity contribution in [2.75, 3.05) is 13.2 Å². The van der Waals surface area contributed by atoms with Gasteiger partial charge in [-0.3, -0.25) is 4.79 Å². The lowest BCUT2D eigenvalue weighted by Gasteiger charge is -2.11. The van der Waals surface area contributed by atoms with Gasteiger partial charge in [0.05, 0.1) is 11.0 Å². The van der Waals surface area contributed by atoms with Crippen LogP contribution in [-0.4, -0.2) is 28.6 Å². The number of nitrogens with one attached hydrogen (secondary N) is 1. The van der Waals surface area contributed by atoms with Crippen molar-refractivity contribution >= 4 is 16.9 Å². The van der Waals surface area contributed by atoms with Gasteiger partial charge in [-0.1, -0.05) is 54.6 Å². The lowest BCUT2D eigenvalue weighted by atomic mass is 10.1. The number of fused-ring (bicyclic) bond motifs is 1. The van der Waals surface area contributed by atoms with E-state index in [1.165, 1.54) is 5.56 Å². The van der Waals surface area contributed by atoms with Crippen LogP contribution < -0.4 is 10.1 Å². The number of rotatable bonds is 10. The zero-order valence-corrected chi connectivity index (χ0v) is 19.4. The molecule has 0 unspecified atom stereocenters. The van der Waals surface area contributed by atoms with Crippen LogP contribution in [0.25, 0.3) is 11.0 Å². The Balaban J connectivity index is 1.33. The van der Waals surface area contributed by atoms with Gasteiger partial charge >= 0.3 is 0 Å². The highest BCUT2D eigenvalue weighted by molar-refractivity contribution is 5.78. The van der Waals surface area contributed by atoms with Crippen LogP contribution in [0.5, 0.6) is 5.75 Å². The Morgan fingerprint density at radius 1 is 0.970 bits per heavy atom. The van der Waals surface area contributed by atoms with Crippen molar-refractivity contribution in [3.05, 3.63) is 95.3 Å². The minimum absolute atomic E-state index is 0.0117. The van der Waals surface area contributed by atoms with Gasteiger partial charge in [-0.25, -0.2) is 4.98 Å². The molecule has 4 rings (SSSR count). The summed E-state index contributed by atoms with van der Waals surface area (Å²) >= 11 is 0. The van der Waals surface area contributed by atoms with E-state index in [9.17, 15) is 4.79 Å². The molecule has 1 N–H and O–H groups in total. The molecule has 0 radical (unpaired) electrons. The first-order valence-electron chi connectivity index (χ1n) is 11.5. The van der Waals surface area contributed by atoms with E-state index in [0.717, 1.165) is 53.1 Å². The molecule has 0 atom stereocenters. The molecule has 0 spiro atoms. The standard InChI is InChI=1S/C28H31N3O2/c1-21-14-15-22(2)26(19-21)33-20-28(32)29-17-16-27-30-24-12-6-7-13-25(24)31(27)18-8-11-23-9-4-3-5-10-23/h3-7,9-10,12-15,19H,8,11,16-18,20H2,1-2H3,(H,29,32). The van der Waals surface area contributed by atoms with Gasteiger partial charge in [-0.05, 0) is 61.6 Å². The van der Waals surface area contributed by atoms with Gasteiger partial charge in [0.1, 0.15) is 11.6 Å². The minimum Gasteiger partial charge on any atom is -0.483 e. The summed E-state index contributed by atoms with van der Waals surface area (Å²) in [5.74, 6) is 1.63. The van der Waals surface area contributed by atoms with E-state index in [0.29, 0.717) is 13.0 Å². The molecule has 5 heteroatoms. The molecule has 0 fully saturated rings. The number of hydrogen-bond donors (Lipinski definition) is 1. The quantitative estimate of drug-likeness (QED) is 0.376. The normalized spacial score (nSPS) is 11.0. The number of carbonyl (C=O) groups is 1. The number of para-hydroxylation sites is 2. The fourth-order valence-electron chi connectivity index (χ4n) is 4.02. The van der Waals surface area contributed by atoms with Gasteiger partial charge in [0.15, 0.2) is 6.61 Å². The molecule has 1 heterocycles. The topological polar surface area (TPSA) is 56.1 Å². The van der Waals surface area contributed by atoms with Crippen LogP contribution in [0.2, 0.25) is 0 Å². The second-order valence-corrected chi connectivity index (χ2v) is 8.42. The van der Waals surface area contributed by atoms with Crippen molar-refractivity contribution in [2.45, 2.75) is 39.7 Å². The molecule has 33 heavy (non-hydrogen) atoms. The molecule has 5 nitrogen and oxygen atoms in total. The average Bonchev–Trinajstić information content (AvgIpc) is 3.18. The second-order valence-electron chi connectivity index (χ2n) is 8.42. The Hall–Kier alpha value is -3.60. The zero-order valence-electron chi connectivity index (χ0n) is 19.4. The van der Waals surface area contributed by atoms with Gasteiger partial charge in [0.2, 0.25) is 0 Å². The van der Waals surface area contributed by atoms with E-state index in [4.69, 9.17) is 9.72 Å². The Labute approximate surface area is 195 Å². The highest BCUT2D eigenvalue weighted by Crippen LogP contribution is 2.19. The molecule has 0 aliphatic rings. The Morgan fingerprint density at radius 3 is 2.61 bits per heavy atom. The van der Waals surface area contributed by atoms with Crippen molar-refractivity contribution in [3.8, 4) is 5.75 Å². The third-order valence-corrected chi connectivity index (χ3v) is 5.80. The summed E-state index contributed by atoms with van der Waals surface area (Å²) in [6.45, 7) is 5.43. The molecule has 3 aromatic carbocycles. The number of aromatic nitrogens is 2. The zero-order chi connectivity index (χ0) is 23.0. The molecule has 0 saturated carbocycles. The van der Waals surface area contributed by atoms with Gasteiger partial charge in [-0.15, -0.1) is 0 Å². The van der Waals surface area contributed by atoms with E-state index >= 15 is 0 Å². The predicted octanol–water partition coefficient (Wildman–Crippen LogP) is 5.02. The Morgan fingerprint density at radius 2 is 1.76 bits per heavy atom. The highest BCUT2D eigenvalue weighted by atomic mass is 16.5. The summed E-state index contributed by atoms with van der Waals surface area (Å²) in [6.07, 6.45) is 2.74. The van der Waals surface area contributed by atoms with E-state index in [2.05, 4.69) is 40.2 Å². The van der Waals surface area contributed by atoms with Gasteiger partial charge < -0.3 is 14.6 Å². The summed E-state index contributed by atoms with van der Waals surface area (Å²) in [4.78, 5) is 17.2. The first-order valence-corrected chi connectivity index (χ1v) is 11.5. The van der Waals surface area contributed by atoms with Crippen LogP contribution in [0.4, 0.5) is 0 Å². The van der Waals surface area contributed by atoms with Crippen LogP contribution in [0.15, 0.2) is 72.8 Å². The third kappa shape index (κ3) is 6.01. The highest BCUT2D eigenvalue weighted by Gasteiger charge is 2.11. The molecule has 170 valence electrons. The number of hydrogen-bond acceptors (Lipinski definition) is 3. The lowest BCUT2D eigenvalue weighted by molar-refractivity contribution is -0.123. The van der Waals surface area contributed by atoms with Gasteiger partial charge in [0.25, 0.3) is 5.91 Å². The smallest absolute Gasteiger partial charge is 0.257 e. The van der Waals surface area contributed by atoms with Crippen molar-refractivity contribution in [2.24, 2.45) is 0 Å². The van der Waals surface area contributed by atoms with Crippen LogP contribution in [0.1, 0.15) is 28.9 Å². The summed E-state index contributed by atoms with van der Waals surface area (Å²) in [7, 11) is 0. The molecule has 0 aliphatic heterocycles. The number of aryl methyl sites for hydroxylation is 4. The van der Waals surface area contributed by atoms with E-state index in [1.54, 1.807) is 0 Å². The van der Waals surface area contributed by atoms with E-state index in [-0.39, 0.29) is 12.5 Å². The maximum absolute atomic E-state index is 12.3. The van der Waals surface area contributed by atoms with Crippen LogP contribution in [0, 0.1) is 13.8 Å². The molecule has 0 bridgehead atoms. The fourth-order valence-corrected chi connectivity index (χ4v) is 4.02. The largest absolute Gasteiger partial charge is 0.483 e. The number of benzene rings is 3. The second kappa shape index (κ2) is 10.8. The fraction of sp³-hybridized carbons (Fsp3) is 0.286. The van der Waals surface area contributed by atoms with Gasteiger partial charge in [0, 0.05) is 19.5 Å². The molecule has 0 saturated heterocycles. The maximum Gasteiger partial charge on any atom is 0.257 e. The third-order valence-electron chi connectivity index (χ3n) is 5.80. The lowest BCUT2D eigenvalue weighted by Crippen LogP contribution is -2.31.